The highest BCUT2D eigenvalue weighted by atomic mass is 14.8. The second kappa shape index (κ2) is 15.5. The van der Waals surface area contributed by atoms with Gasteiger partial charge in [-0.2, -0.15) is 0 Å². The van der Waals surface area contributed by atoms with Gasteiger partial charge in [-0.1, -0.05) is 104 Å². The molecule has 1 spiro atoms. The van der Waals surface area contributed by atoms with E-state index in [2.05, 4.69) is 193 Å². The van der Waals surface area contributed by atoms with Crippen LogP contribution in [0.4, 0.5) is 0 Å². The normalized spacial score (nSPS) is 16.6. The van der Waals surface area contributed by atoms with Crippen molar-refractivity contribution in [2.24, 2.45) is 4.99 Å². The van der Waals surface area contributed by atoms with Crippen LogP contribution in [0.3, 0.4) is 0 Å². The molecule has 0 amide bonds. The molecule has 10 heterocycles. The molecule has 338 valence electrons. The van der Waals surface area contributed by atoms with Crippen LogP contribution in [-0.2, 0) is 5.41 Å². The molecular weight excluding hydrogens is 865 g/mol. The monoisotopic (exact) mass is 912 g/mol. The van der Waals surface area contributed by atoms with Gasteiger partial charge in [-0.25, -0.2) is 19.9 Å². The Morgan fingerprint density at radius 1 is 0.423 bits per heavy atom. The minimum absolute atomic E-state index is 0.0742. The third-order valence-electron chi connectivity index (χ3n) is 15.7. The van der Waals surface area contributed by atoms with Gasteiger partial charge < -0.3 is 0 Å². The van der Waals surface area contributed by atoms with Gasteiger partial charge in [-0.3, -0.25) is 9.98 Å². The summed E-state index contributed by atoms with van der Waals surface area (Å²) in [5, 5.41) is 4.23. The lowest BCUT2D eigenvalue weighted by Crippen LogP contribution is -2.31. The summed E-state index contributed by atoms with van der Waals surface area (Å²) in [5.41, 5.74) is 25.0. The molecule has 6 nitrogen and oxygen atoms in total. The number of allylic oxidation sites excluding steroid dienone is 1. The first-order valence-electron chi connectivity index (χ1n) is 24.8. The molecule has 0 saturated heterocycles. The predicted molar refractivity (Wildman–Crippen MR) is 291 cm³/mol. The molecule has 0 N–H and O–H groups in total. The lowest BCUT2D eigenvalue weighted by Gasteiger charge is -2.38. The Hall–Kier alpha value is -8.48. The van der Waals surface area contributed by atoms with Gasteiger partial charge in [-0.05, 0) is 157 Å². The Labute approximate surface area is 412 Å². The summed E-state index contributed by atoms with van der Waals surface area (Å²) in [5.74, 6) is -0.0742. The molecule has 12 bridgehead atoms. The Morgan fingerprint density at radius 3 is 1.45 bits per heavy atom. The van der Waals surface area contributed by atoms with E-state index in [1.165, 1.54) is 44.5 Å². The van der Waals surface area contributed by atoms with Crippen molar-refractivity contribution in [2.75, 3.05) is 0 Å². The highest BCUT2D eigenvalue weighted by Gasteiger charge is 2.48. The summed E-state index contributed by atoms with van der Waals surface area (Å²) in [6.45, 7) is 11.3. The van der Waals surface area contributed by atoms with Crippen molar-refractivity contribution in [2.45, 2.75) is 58.8 Å². The van der Waals surface area contributed by atoms with E-state index in [4.69, 9.17) is 29.9 Å². The van der Waals surface area contributed by atoms with E-state index in [1.54, 1.807) is 0 Å². The van der Waals surface area contributed by atoms with Crippen molar-refractivity contribution in [1.29, 1.82) is 0 Å². The zero-order valence-electron chi connectivity index (χ0n) is 40.3. The summed E-state index contributed by atoms with van der Waals surface area (Å²) in [6, 6.07) is 55.9. The maximum atomic E-state index is 5.52. The zero-order valence-corrected chi connectivity index (χ0v) is 40.3. The lowest BCUT2D eigenvalue weighted by atomic mass is 9.64. The number of fused-ring (bicyclic) bond motifs is 3. The van der Waals surface area contributed by atoms with Crippen molar-refractivity contribution < 1.29 is 0 Å². The smallest absolute Gasteiger partial charge is 0.0972 e. The fraction of sp³-hybridized carbons (Fsp3) is 0.138. The van der Waals surface area contributed by atoms with Crippen molar-refractivity contribution in [3.8, 4) is 44.9 Å². The summed E-state index contributed by atoms with van der Waals surface area (Å²) in [7, 11) is 0. The van der Waals surface area contributed by atoms with Crippen molar-refractivity contribution in [3.63, 3.8) is 0 Å². The third kappa shape index (κ3) is 6.20. The van der Waals surface area contributed by atoms with E-state index in [0.717, 1.165) is 124 Å². The fourth-order valence-corrected chi connectivity index (χ4v) is 12.1. The van der Waals surface area contributed by atoms with Crippen LogP contribution in [0.15, 0.2) is 169 Å². The molecule has 0 saturated carbocycles. The molecule has 17 rings (SSSR count). The maximum absolute atomic E-state index is 5.52. The van der Waals surface area contributed by atoms with E-state index in [-0.39, 0.29) is 5.92 Å². The van der Waals surface area contributed by atoms with Gasteiger partial charge in [0, 0.05) is 73.5 Å². The number of hydrogen-bond donors (Lipinski definition) is 0. The second-order valence-electron chi connectivity index (χ2n) is 19.9. The van der Waals surface area contributed by atoms with E-state index < -0.39 is 5.41 Å². The first-order chi connectivity index (χ1) is 34.7. The van der Waals surface area contributed by atoms with Crippen LogP contribution >= 0.6 is 0 Å². The van der Waals surface area contributed by atoms with Crippen LogP contribution in [0.2, 0.25) is 0 Å². The zero-order chi connectivity index (χ0) is 47.7. The minimum atomic E-state index is -0.750. The van der Waals surface area contributed by atoms with Crippen LogP contribution < -0.4 is 0 Å². The standard InChI is InChI=1S/C65H48N6/c1-36-32-51-38(3)30-49(36)59-26-20-43-14-12-41-18-24-55(68-61(41)63(43)70-59)40(5)56-25-19-42-13-15-44-21-27-60(71-64(44)62(42)69-56)50-31-39(4)52(33-37(50)2)65(51)53-34-45(57-10-6-8-28-66-57)16-22-47(53)48-23-17-46(35-54(48)65)58-11-7-9-29-67-58/h6,8,10-35,40H,7,9H2,1-5H3. The Morgan fingerprint density at radius 2 is 0.930 bits per heavy atom. The second-order valence-corrected chi connectivity index (χ2v) is 19.9. The first kappa shape index (κ1) is 41.5. The number of nitrogens with zero attached hydrogens (tertiary/aromatic N) is 6. The van der Waals surface area contributed by atoms with Gasteiger partial charge >= 0.3 is 0 Å². The largest absolute Gasteiger partial charge is 0.261 e. The Bertz CT molecular complexity index is 4000. The third-order valence-corrected chi connectivity index (χ3v) is 15.7. The Kier molecular flexibility index (Phi) is 9.06. The van der Waals surface area contributed by atoms with E-state index in [0.29, 0.717) is 0 Å². The Balaban J connectivity index is 1.12. The molecule has 6 aromatic carbocycles. The number of rotatable bonds is 2. The van der Waals surface area contributed by atoms with Crippen molar-refractivity contribution >= 4 is 55.5 Å². The quantitative estimate of drug-likeness (QED) is 0.162. The molecule has 1 aliphatic carbocycles. The van der Waals surface area contributed by atoms with Gasteiger partial charge in [0.1, 0.15) is 0 Å². The molecular formula is C65H48N6. The van der Waals surface area contributed by atoms with E-state index in [9.17, 15) is 0 Å². The first-order valence-corrected chi connectivity index (χ1v) is 24.8. The van der Waals surface area contributed by atoms with Crippen molar-refractivity contribution in [3.05, 3.63) is 225 Å². The van der Waals surface area contributed by atoms with E-state index >= 15 is 0 Å². The maximum Gasteiger partial charge on any atom is 0.0972 e. The average molecular weight is 913 g/mol. The summed E-state index contributed by atoms with van der Waals surface area (Å²) in [4.78, 5) is 31.8. The molecule has 0 unspecified atom stereocenters. The van der Waals surface area contributed by atoms with Crippen LogP contribution in [-0.4, -0.2) is 31.1 Å². The lowest BCUT2D eigenvalue weighted by molar-refractivity contribution is 0.752. The van der Waals surface area contributed by atoms with Crippen LogP contribution in [0.1, 0.15) is 87.1 Å². The molecule has 11 aromatic rings. The number of aromatic nitrogens is 5. The highest BCUT2D eigenvalue weighted by Crippen LogP contribution is 2.59. The van der Waals surface area contributed by atoms with Gasteiger partial charge in [0.2, 0.25) is 0 Å². The average Bonchev–Trinajstić information content (AvgIpc) is 3.70. The number of aryl methyl sites for hydroxylation is 4. The molecule has 5 aromatic heterocycles. The van der Waals surface area contributed by atoms with Crippen LogP contribution in [0.25, 0.3) is 94.2 Å². The molecule has 0 fully saturated rings. The molecule has 5 aliphatic heterocycles. The summed E-state index contributed by atoms with van der Waals surface area (Å²) < 4.78 is 0. The van der Waals surface area contributed by atoms with Crippen LogP contribution in [0.5, 0.6) is 0 Å². The molecule has 71 heavy (non-hydrogen) atoms. The molecule has 6 heteroatoms. The summed E-state index contributed by atoms with van der Waals surface area (Å²) >= 11 is 0. The van der Waals surface area contributed by atoms with Gasteiger partial charge in [0.25, 0.3) is 0 Å². The van der Waals surface area contributed by atoms with Crippen molar-refractivity contribution in [1.82, 2.24) is 24.9 Å². The predicted octanol–water partition coefficient (Wildman–Crippen LogP) is 15.5. The number of benzene rings is 6. The van der Waals surface area contributed by atoms with Crippen LogP contribution in [0, 0.1) is 27.7 Å². The van der Waals surface area contributed by atoms with Gasteiger partial charge in [0.15, 0.2) is 0 Å². The fourth-order valence-electron chi connectivity index (χ4n) is 12.1. The number of pyridine rings is 5. The molecule has 0 radical (unpaired) electrons. The SMILES string of the molecule is Cc1cc2c(C)cc1-c1ccc3ccc4ccc(nc4c3n1)C(C)c1ccc3ccc4ccc(nc4c3n1)-c1cc(C)c(cc1C)C21c2cc(C3=CCCC=N3)ccc2-c2ccc(-c3ccccn3)cc21. The minimum Gasteiger partial charge on any atom is -0.261 e. The summed E-state index contributed by atoms with van der Waals surface area (Å²) in [6.07, 6.45) is 8.16. The van der Waals surface area contributed by atoms with E-state index in [1.807, 2.05) is 12.3 Å². The van der Waals surface area contributed by atoms with Gasteiger partial charge in [0.05, 0.1) is 50.3 Å². The molecule has 6 aliphatic rings. The number of hydrogen-bond acceptors (Lipinski definition) is 6. The van der Waals surface area contributed by atoms with Gasteiger partial charge in [-0.15, -0.1) is 0 Å². The topological polar surface area (TPSA) is 76.8 Å². The molecule has 0 atom stereocenters. The number of aliphatic imine (C=N–C) groups is 1. The highest BCUT2D eigenvalue weighted by molar-refractivity contribution is 6.05.